The van der Waals surface area contributed by atoms with E-state index in [2.05, 4.69) is 10.4 Å². The van der Waals surface area contributed by atoms with Crippen molar-refractivity contribution in [3.8, 4) is 0 Å². The molecule has 4 rings (SSSR count). The summed E-state index contributed by atoms with van der Waals surface area (Å²) in [5.74, 6) is 0. The molecule has 1 saturated heterocycles. The van der Waals surface area contributed by atoms with Crippen molar-refractivity contribution in [2.45, 2.75) is 82.1 Å². The van der Waals surface area contributed by atoms with Gasteiger partial charge in [-0.25, -0.2) is 4.79 Å². The molecule has 3 aliphatic rings. The van der Waals surface area contributed by atoms with Gasteiger partial charge < -0.3 is 4.74 Å². The fourth-order valence-corrected chi connectivity index (χ4v) is 3.73. The maximum atomic E-state index is 12.2. The molecule has 0 radical (unpaired) electrons. The van der Waals surface area contributed by atoms with Crippen LogP contribution in [0.5, 0.6) is 0 Å². The Hall–Kier alpha value is -1.17. The van der Waals surface area contributed by atoms with Gasteiger partial charge in [-0.1, -0.05) is 19.3 Å². The van der Waals surface area contributed by atoms with Crippen LogP contribution in [-0.4, -0.2) is 31.5 Å². The summed E-state index contributed by atoms with van der Waals surface area (Å²) in [6.45, 7) is 0.563. The highest BCUT2D eigenvalue weighted by molar-refractivity contribution is 4.91. The van der Waals surface area contributed by atoms with E-state index in [4.69, 9.17) is 4.74 Å². The Morgan fingerprint density at radius 3 is 2.65 bits per heavy atom. The summed E-state index contributed by atoms with van der Waals surface area (Å²) >= 11 is 0. The molecule has 1 aromatic rings. The maximum Gasteiger partial charge on any atom is 0.364 e. The number of aromatic nitrogens is 4. The van der Waals surface area contributed by atoms with Crippen molar-refractivity contribution in [2.24, 2.45) is 0 Å². The first-order valence-corrected chi connectivity index (χ1v) is 7.96. The highest BCUT2D eigenvalue weighted by Gasteiger charge is 2.41. The minimum Gasteiger partial charge on any atom is -0.370 e. The standard InChI is InChI=1S/C14H22N4O2/c19-13-17(15-16-18(13)11-4-5-11)10-12-6-9-14(20-12)7-2-1-3-8-14/h11-12H,1-10H2. The summed E-state index contributed by atoms with van der Waals surface area (Å²) in [5, 5.41) is 8.00. The average Bonchev–Trinajstić information content (AvgIpc) is 3.15. The topological polar surface area (TPSA) is 61.9 Å². The summed E-state index contributed by atoms with van der Waals surface area (Å²) in [4.78, 5) is 12.2. The number of hydrogen-bond acceptors (Lipinski definition) is 4. The van der Waals surface area contributed by atoms with Gasteiger partial charge in [0.25, 0.3) is 0 Å². The van der Waals surface area contributed by atoms with Gasteiger partial charge in [0.2, 0.25) is 0 Å². The highest BCUT2D eigenvalue weighted by Crippen LogP contribution is 2.42. The molecule has 2 aliphatic carbocycles. The van der Waals surface area contributed by atoms with Gasteiger partial charge >= 0.3 is 5.69 Å². The predicted octanol–water partition coefficient (Wildman–Crippen LogP) is 1.66. The fourth-order valence-electron chi connectivity index (χ4n) is 3.73. The third-order valence-corrected chi connectivity index (χ3v) is 5.03. The Balaban J connectivity index is 1.43. The number of hydrogen-bond donors (Lipinski definition) is 0. The lowest BCUT2D eigenvalue weighted by Gasteiger charge is -2.33. The number of tetrazole rings is 1. The first-order valence-electron chi connectivity index (χ1n) is 7.96. The molecule has 1 aliphatic heterocycles. The van der Waals surface area contributed by atoms with E-state index in [1.165, 1.54) is 41.5 Å². The molecule has 0 bridgehead atoms. The van der Waals surface area contributed by atoms with Gasteiger partial charge in [-0.2, -0.15) is 9.36 Å². The van der Waals surface area contributed by atoms with Gasteiger partial charge in [0.1, 0.15) is 0 Å². The van der Waals surface area contributed by atoms with E-state index in [1.807, 2.05) is 0 Å². The Morgan fingerprint density at radius 1 is 1.10 bits per heavy atom. The zero-order valence-corrected chi connectivity index (χ0v) is 11.8. The second-order valence-corrected chi connectivity index (χ2v) is 6.64. The first kappa shape index (κ1) is 12.6. The van der Waals surface area contributed by atoms with Crippen molar-refractivity contribution in [3.05, 3.63) is 10.5 Å². The largest absolute Gasteiger partial charge is 0.370 e. The maximum absolute atomic E-state index is 12.2. The van der Waals surface area contributed by atoms with E-state index in [9.17, 15) is 4.79 Å². The van der Waals surface area contributed by atoms with Gasteiger partial charge in [0.15, 0.2) is 0 Å². The summed E-state index contributed by atoms with van der Waals surface area (Å²) in [7, 11) is 0. The molecule has 20 heavy (non-hydrogen) atoms. The fraction of sp³-hybridized carbons (Fsp3) is 0.929. The first-order chi connectivity index (χ1) is 9.76. The van der Waals surface area contributed by atoms with E-state index in [-0.39, 0.29) is 17.4 Å². The zero-order valence-electron chi connectivity index (χ0n) is 11.8. The Labute approximate surface area is 118 Å². The average molecular weight is 278 g/mol. The summed E-state index contributed by atoms with van der Waals surface area (Å²) < 4.78 is 9.32. The van der Waals surface area contributed by atoms with Crippen molar-refractivity contribution in [1.82, 2.24) is 19.8 Å². The van der Waals surface area contributed by atoms with Crippen LogP contribution >= 0.6 is 0 Å². The molecule has 2 saturated carbocycles. The van der Waals surface area contributed by atoms with Crippen LogP contribution in [0.3, 0.4) is 0 Å². The molecule has 2 heterocycles. The van der Waals surface area contributed by atoms with Crippen LogP contribution in [0.1, 0.15) is 63.8 Å². The van der Waals surface area contributed by atoms with E-state index in [1.54, 1.807) is 0 Å². The van der Waals surface area contributed by atoms with Gasteiger partial charge in [-0.05, 0) is 49.0 Å². The van der Waals surface area contributed by atoms with Crippen LogP contribution in [0.4, 0.5) is 0 Å². The Kier molecular flexibility index (Phi) is 2.94. The van der Waals surface area contributed by atoms with Gasteiger partial charge in [0, 0.05) is 0 Å². The Bertz CT molecular complexity index is 540. The zero-order chi connectivity index (χ0) is 13.6. The lowest BCUT2D eigenvalue weighted by Crippen LogP contribution is -2.34. The molecule has 1 atom stereocenters. The lowest BCUT2D eigenvalue weighted by atomic mass is 9.83. The molecule has 0 N–H and O–H groups in total. The summed E-state index contributed by atoms with van der Waals surface area (Å²) in [6, 6.07) is 0.297. The van der Waals surface area contributed by atoms with Crippen molar-refractivity contribution in [2.75, 3.05) is 0 Å². The van der Waals surface area contributed by atoms with Crippen molar-refractivity contribution in [3.63, 3.8) is 0 Å². The SMILES string of the molecule is O=c1n(CC2CCC3(CCCCC3)O2)nnn1C1CC1. The second kappa shape index (κ2) is 4.69. The van der Waals surface area contributed by atoms with Crippen molar-refractivity contribution < 1.29 is 4.74 Å². The van der Waals surface area contributed by atoms with Crippen LogP contribution in [0, 0.1) is 0 Å². The molecular formula is C14H22N4O2. The minimum absolute atomic E-state index is 0.0688. The number of rotatable bonds is 3. The molecule has 0 amide bonds. The van der Waals surface area contributed by atoms with E-state index < -0.39 is 0 Å². The lowest BCUT2D eigenvalue weighted by molar-refractivity contribution is -0.0692. The van der Waals surface area contributed by atoms with Crippen LogP contribution in [-0.2, 0) is 11.3 Å². The van der Waals surface area contributed by atoms with E-state index in [0.717, 1.165) is 25.7 Å². The summed E-state index contributed by atoms with van der Waals surface area (Å²) in [5.41, 5.74) is 0.0413. The van der Waals surface area contributed by atoms with Gasteiger partial charge in [-0.3, -0.25) is 0 Å². The van der Waals surface area contributed by atoms with Crippen LogP contribution in [0.2, 0.25) is 0 Å². The summed E-state index contributed by atoms with van der Waals surface area (Å²) in [6.07, 6.45) is 10.7. The smallest absolute Gasteiger partial charge is 0.364 e. The molecule has 1 spiro atoms. The minimum atomic E-state index is -0.0688. The van der Waals surface area contributed by atoms with E-state index >= 15 is 0 Å². The molecule has 0 aromatic carbocycles. The number of ether oxygens (including phenoxy) is 1. The molecule has 1 unspecified atom stereocenters. The van der Waals surface area contributed by atoms with Crippen molar-refractivity contribution in [1.29, 1.82) is 0 Å². The molecular weight excluding hydrogens is 256 g/mol. The van der Waals surface area contributed by atoms with Gasteiger partial charge in [0.05, 0.1) is 24.3 Å². The number of nitrogens with zero attached hydrogens (tertiary/aromatic N) is 4. The van der Waals surface area contributed by atoms with E-state index in [0.29, 0.717) is 12.6 Å². The van der Waals surface area contributed by atoms with Crippen LogP contribution in [0.15, 0.2) is 4.79 Å². The normalized spacial score (nSPS) is 29.1. The second-order valence-electron chi connectivity index (χ2n) is 6.64. The molecule has 1 aromatic heterocycles. The molecule has 6 heteroatoms. The third-order valence-electron chi connectivity index (χ3n) is 5.03. The monoisotopic (exact) mass is 278 g/mol. The third kappa shape index (κ3) is 2.20. The van der Waals surface area contributed by atoms with Crippen LogP contribution < -0.4 is 5.69 Å². The predicted molar refractivity (Wildman–Crippen MR) is 72.5 cm³/mol. The Morgan fingerprint density at radius 2 is 1.90 bits per heavy atom. The molecule has 3 fully saturated rings. The van der Waals surface area contributed by atoms with Gasteiger partial charge in [-0.15, -0.1) is 0 Å². The highest BCUT2D eigenvalue weighted by atomic mass is 16.5. The quantitative estimate of drug-likeness (QED) is 0.843. The van der Waals surface area contributed by atoms with Crippen LogP contribution in [0.25, 0.3) is 0 Å². The molecule has 6 nitrogen and oxygen atoms in total. The van der Waals surface area contributed by atoms with Crippen molar-refractivity contribution >= 4 is 0 Å². The molecule has 110 valence electrons.